The second-order valence-corrected chi connectivity index (χ2v) is 20.6. The molecule has 6 nitrogen and oxygen atoms in total. The van der Waals surface area contributed by atoms with Gasteiger partial charge in [0.2, 0.25) is 0 Å². The van der Waals surface area contributed by atoms with Crippen molar-refractivity contribution in [2.75, 3.05) is 13.2 Å². The van der Waals surface area contributed by atoms with Gasteiger partial charge >= 0.3 is 17.9 Å². The highest BCUT2D eigenvalue weighted by molar-refractivity contribution is 5.71. The van der Waals surface area contributed by atoms with Crippen molar-refractivity contribution in [2.45, 2.75) is 354 Å². The summed E-state index contributed by atoms with van der Waals surface area (Å²) in [6, 6.07) is 0. The minimum absolute atomic E-state index is 0.0608. The number of hydrogen-bond acceptors (Lipinski definition) is 6. The summed E-state index contributed by atoms with van der Waals surface area (Å²) in [5.41, 5.74) is 0. The quantitative estimate of drug-likeness (QED) is 0.0343. The molecule has 1 atom stereocenters. The maximum atomic E-state index is 12.9. The monoisotopic (exact) mass is 933 g/mol. The largest absolute Gasteiger partial charge is 0.462 e. The summed E-state index contributed by atoms with van der Waals surface area (Å²) in [5.74, 6) is -0.829. The number of hydrogen-bond donors (Lipinski definition) is 0. The summed E-state index contributed by atoms with van der Waals surface area (Å²) in [7, 11) is 0. The molecule has 392 valence electrons. The standard InChI is InChI=1S/C60H116O6/c1-4-7-10-13-16-19-22-25-28-30-31-33-36-39-42-45-48-51-54-60(63)66-57(55-64-58(61)52-49-46-43-40-37-34-27-24-21-18-15-12-9-6-3)56-65-59(62)53-50-47-44-41-38-35-32-29-26-23-20-17-14-11-8-5-2/h57H,4-56H2,1-3H3/t57-/m0/s1. The van der Waals surface area contributed by atoms with Crippen molar-refractivity contribution in [1.29, 1.82) is 0 Å². The molecule has 0 aliphatic heterocycles. The van der Waals surface area contributed by atoms with Crippen LogP contribution in [0.1, 0.15) is 348 Å². The van der Waals surface area contributed by atoms with E-state index >= 15 is 0 Å². The Labute approximate surface area is 412 Å². The molecule has 0 unspecified atom stereocenters. The highest BCUT2D eigenvalue weighted by Crippen LogP contribution is 2.18. The molecular formula is C60H116O6. The molecule has 0 saturated heterocycles. The fourth-order valence-electron chi connectivity index (χ4n) is 9.33. The Bertz CT molecular complexity index is 982. The van der Waals surface area contributed by atoms with Gasteiger partial charge in [-0.25, -0.2) is 0 Å². The van der Waals surface area contributed by atoms with Crippen molar-refractivity contribution in [3.05, 3.63) is 0 Å². The van der Waals surface area contributed by atoms with E-state index in [1.165, 1.54) is 250 Å². The Kier molecular flexibility index (Phi) is 54.7. The van der Waals surface area contributed by atoms with Gasteiger partial charge < -0.3 is 14.2 Å². The van der Waals surface area contributed by atoms with Crippen LogP contribution in [0.25, 0.3) is 0 Å². The molecule has 0 heterocycles. The number of carbonyl (C=O) groups is 3. The average molecular weight is 934 g/mol. The van der Waals surface area contributed by atoms with Crippen LogP contribution in [0.5, 0.6) is 0 Å². The average Bonchev–Trinajstić information content (AvgIpc) is 3.31. The van der Waals surface area contributed by atoms with Crippen molar-refractivity contribution in [2.24, 2.45) is 0 Å². The van der Waals surface area contributed by atoms with E-state index in [0.717, 1.165) is 57.8 Å². The molecule has 0 rings (SSSR count). The van der Waals surface area contributed by atoms with Gasteiger partial charge in [0.25, 0.3) is 0 Å². The lowest BCUT2D eigenvalue weighted by molar-refractivity contribution is -0.167. The summed E-state index contributed by atoms with van der Waals surface area (Å²) in [6.07, 6.45) is 62.4. The molecule has 6 heteroatoms. The van der Waals surface area contributed by atoms with E-state index in [9.17, 15) is 14.4 Å². The lowest BCUT2D eigenvalue weighted by atomic mass is 10.0. The molecule has 0 fully saturated rings. The highest BCUT2D eigenvalue weighted by atomic mass is 16.6. The predicted octanol–water partition coefficient (Wildman–Crippen LogP) is 19.9. The second kappa shape index (κ2) is 56.0. The van der Waals surface area contributed by atoms with Crippen LogP contribution in [0.4, 0.5) is 0 Å². The molecule has 0 spiro atoms. The molecule has 66 heavy (non-hydrogen) atoms. The van der Waals surface area contributed by atoms with Crippen LogP contribution >= 0.6 is 0 Å². The summed E-state index contributed by atoms with van der Waals surface area (Å²) >= 11 is 0. The van der Waals surface area contributed by atoms with Crippen molar-refractivity contribution in [1.82, 2.24) is 0 Å². The van der Waals surface area contributed by atoms with Crippen molar-refractivity contribution in [3.63, 3.8) is 0 Å². The van der Waals surface area contributed by atoms with Crippen LogP contribution in [0.2, 0.25) is 0 Å². The first kappa shape index (κ1) is 64.4. The number of unbranched alkanes of at least 4 members (excludes halogenated alkanes) is 45. The summed E-state index contributed by atoms with van der Waals surface area (Å²) in [5, 5.41) is 0. The molecule has 0 aromatic heterocycles. The minimum Gasteiger partial charge on any atom is -0.462 e. The van der Waals surface area contributed by atoms with E-state index in [-0.39, 0.29) is 31.1 Å². The van der Waals surface area contributed by atoms with Gasteiger partial charge in [-0.05, 0) is 19.3 Å². The van der Waals surface area contributed by atoms with Crippen LogP contribution in [0.3, 0.4) is 0 Å². The molecular weight excluding hydrogens is 817 g/mol. The zero-order chi connectivity index (χ0) is 47.9. The third-order valence-corrected chi connectivity index (χ3v) is 13.9. The first-order valence-corrected chi connectivity index (χ1v) is 30.0. The van der Waals surface area contributed by atoms with E-state index in [0.29, 0.717) is 19.3 Å². The molecule has 0 N–H and O–H groups in total. The molecule has 0 bridgehead atoms. The van der Waals surface area contributed by atoms with Crippen LogP contribution < -0.4 is 0 Å². The number of rotatable bonds is 56. The van der Waals surface area contributed by atoms with E-state index in [4.69, 9.17) is 14.2 Å². The van der Waals surface area contributed by atoms with E-state index in [1.54, 1.807) is 0 Å². The Hall–Kier alpha value is -1.59. The maximum Gasteiger partial charge on any atom is 0.306 e. The maximum absolute atomic E-state index is 12.9. The topological polar surface area (TPSA) is 78.9 Å². The van der Waals surface area contributed by atoms with E-state index < -0.39 is 6.10 Å². The summed E-state index contributed by atoms with van der Waals surface area (Å²) in [6.45, 7) is 6.72. The molecule has 0 aliphatic carbocycles. The Morgan fingerprint density at radius 3 is 0.606 bits per heavy atom. The third kappa shape index (κ3) is 53.4. The second-order valence-electron chi connectivity index (χ2n) is 20.6. The van der Waals surface area contributed by atoms with Gasteiger partial charge in [-0.1, -0.05) is 310 Å². The van der Waals surface area contributed by atoms with Crippen LogP contribution in [0, 0.1) is 0 Å². The molecule has 0 saturated carbocycles. The number of esters is 3. The van der Waals surface area contributed by atoms with Gasteiger partial charge in [0.1, 0.15) is 13.2 Å². The van der Waals surface area contributed by atoms with Crippen molar-refractivity contribution in [3.8, 4) is 0 Å². The van der Waals surface area contributed by atoms with E-state index in [2.05, 4.69) is 20.8 Å². The summed E-state index contributed by atoms with van der Waals surface area (Å²) < 4.78 is 16.9. The minimum atomic E-state index is -0.761. The van der Waals surface area contributed by atoms with Gasteiger partial charge in [0, 0.05) is 19.3 Å². The van der Waals surface area contributed by atoms with Crippen molar-refractivity contribution < 1.29 is 28.6 Å². The Morgan fingerprint density at radius 1 is 0.242 bits per heavy atom. The predicted molar refractivity (Wildman–Crippen MR) is 284 cm³/mol. The Morgan fingerprint density at radius 2 is 0.409 bits per heavy atom. The smallest absolute Gasteiger partial charge is 0.306 e. The fraction of sp³-hybridized carbons (Fsp3) is 0.950. The lowest BCUT2D eigenvalue weighted by Crippen LogP contribution is -2.30. The van der Waals surface area contributed by atoms with Crippen molar-refractivity contribution >= 4 is 17.9 Å². The third-order valence-electron chi connectivity index (χ3n) is 13.9. The van der Waals surface area contributed by atoms with Crippen LogP contribution in [-0.4, -0.2) is 37.2 Å². The first-order chi connectivity index (χ1) is 32.5. The molecule has 0 radical (unpaired) electrons. The highest BCUT2D eigenvalue weighted by Gasteiger charge is 2.19. The van der Waals surface area contributed by atoms with Gasteiger partial charge in [0.15, 0.2) is 6.10 Å². The number of carbonyl (C=O) groups excluding carboxylic acids is 3. The van der Waals surface area contributed by atoms with Crippen LogP contribution in [0.15, 0.2) is 0 Å². The first-order valence-electron chi connectivity index (χ1n) is 30.0. The van der Waals surface area contributed by atoms with Gasteiger partial charge in [-0.15, -0.1) is 0 Å². The van der Waals surface area contributed by atoms with Crippen LogP contribution in [-0.2, 0) is 28.6 Å². The molecule has 0 amide bonds. The number of ether oxygens (including phenoxy) is 3. The normalized spacial score (nSPS) is 11.9. The van der Waals surface area contributed by atoms with E-state index in [1.807, 2.05) is 0 Å². The van der Waals surface area contributed by atoms with Gasteiger partial charge in [-0.2, -0.15) is 0 Å². The van der Waals surface area contributed by atoms with Gasteiger partial charge in [0.05, 0.1) is 0 Å². The lowest BCUT2D eigenvalue weighted by Gasteiger charge is -2.18. The zero-order valence-electron chi connectivity index (χ0n) is 45.0. The Balaban J connectivity index is 4.28. The van der Waals surface area contributed by atoms with Gasteiger partial charge in [-0.3, -0.25) is 14.4 Å². The molecule has 0 aliphatic rings. The summed E-state index contributed by atoms with van der Waals surface area (Å²) in [4.78, 5) is 38.2. The zero-order valence-corrected chi connectivity index (χ0v) is 45.0. The fourth-order valence-corrected chi connectivity index (χ4v) is 9.33. The molecule has 0 aromatic carbocycles. The SMILES string of the molecule is CCCCCCCCCCCCCCCCCCCCC(=O)O[C@@H](COC(=O)CCCCCCCCCCCCCCCC)COC(=O)CCCCCCCCCCCCCCCCCC. The molecule has 0 aromatic rings.